The van der Waals surface area contributed by atoms with Crippen LogP contribution in [0, 0.1) is 5.41 Å². The van der Waals surface area contributed by atoms with E-state index in [1.807, 2.05) is 24.3 Å². The van der Waals surface area contributed by atoms with E-state index in [1.54, 1.807) is 0 Å². The lowest BCUT2D eigenvalue weighted by Gasteiger charge is -2.35. The molecule has 104 valence electrons. The molecule has 1 aromatic carbocycles. The Hall–Kier alpha value is -1.06. The van der Waals surface area contributed by atoms with E-state index in [2.05, 4.69) is 17.6 Å². The van der Waals surface area contributed by atoms with Gasteiger partial charge < -0.3 is 10.6 Å². The molecular weight excluding hydrogens is 260 g/mol. The molecule has 19 heavy (non-hydrogen) atoms. The summed E-state index contributed by atoms with van der Waals surface area (Å²) >= 11 is 5.85. The number of nitrogens with one attached hydrogen (secondary N) is 2. The first kappa shape index (κ1) is 14.4. The van der Waals surface area contributed by atoms with Crippen molar-refractivity contribution >= 4 is 17.5 Å². The summed E-state index contributed by atoms with van der Waals surface area (Å²) in [6.07, 6.45) is 2.76. The van der Waals surface area contributed by atoms with Crippen LogP contribution in [-0.2, 0) is 11.3 Å². The molecule has 0 spiro atoms. The average molecular weight is 281 g/mol. The fraction of sp³-hybridized carbons (Fsp3) is 0.533. The van der Waals surface area contributed by atoms with Crippen molar-refractivity contribution in [3.63, 3.8) is 0 Å². The van der Waals surface area contributed by atoms with E-state index in [1.165, 1.54) is 0 Å². The summed E-state index contributed by atoms with van der Waals surface area (Å²) in [5.41, 5.74) is 0.899. The van der Waals surface area contributed by atoms with Gasteiger partial charge in [-0.1, -0.05) is 30.7 Å². The molecule has 0 bridgehead atoms. The molecule has 1 amide bonds. The minimum absolute atomic E-state index is 0.183. The summed E-state index contributed by atoms with van der Waals surface area (Å²) in [6.45, 7) is 4.54. The van der Waals surface area contributed by atoms with Gasteiger partial charge in [-0.25, -0.2) is 0 Å². The zero-order chi connectivity index (χ0) is 13.7. The maximum absolute atomic E-state index is 12.4. The van der Waals surface area contributed by atoms with Crippen molar-refractivity contribution in [3.8, 4) is 0 Å². The number of carbonyl (C=O) groups is 1. The summed E-state index contributed by atoms with van der Waals surface area (Å²) in [5, 5.41) is 7.10. The molecule has 1 aromatic rings. The molecule has 3 nitrogen and oxygen atoms in total. The van der Waals surface area contributed by atoms with E-state index < -0.39 is 0 Å². The van der Waals surface area contributed by atoms with Crippen LogP contribution in [0.2, 0.25) is 5.02 Å². The van der Waals surface area contributed by atoms with Gasteiger partial charge in [-0.05, 0) is 50.0 Å². The van der Waals surface area contributed by atoms with Gasteiger partial charge in [0.15, 0.2) is 0 Å². The Morgan fingerprint density at radius 3 is 2.53 bits per heavy atom. The SMILES string of the molecule is CCC1(C(=O)NCc2ccc(Cl)cc2)CCNCC1. The molecule has 1 saturated heterocycles. The van der Waals surface area contributed by atoms with Gasteiger partial charge in [-0.3, -0.25) is 4.79 Å². The lowest BCUT2D eigenvalue weighted by molar-refractivity contribution is -0.133. The molecular formula is C15H21ClN2O. The topological polar surface area (TPSA) is 41.1 Å². The van der Waals surface area contributed by atoms with Crippen LogP contribution in [-0.4, -0.2) is 19.0 Å². The highest BCUT2D eigenvalue weighted by Gasteiger charge is 2.37. The van der Waals surface area contributed by atoms with E-state index in [4.69, 9.17) is 11.6 Å². The van der Waals surface area contributed by atoms with Gasteiger partial charge in [-0.2, -0.15) is 0 Å². The summed E-state index contributed by atoms with van der Waals surface area (Å²) in [5.74, 6) is 0.187. The van der Waals surface area contributed by atoms with E-state index in [-0.39, 0.29) is 11.3 Å². The third-order valence-electron chi connectivity index (χ3n) is 4.09. The fourth-order valence-electron chi connectivity index (χ4n) is 2.62. The number of amides is 1. The first-order valence-electron chi connectivity index (χ1n) is 6.90. The van der Waals surface area contributed by atoms with Gasteiger partial charge in [0.1, 0.15) is 0 Å². The van der Waals surface area contributed by atoms with Crippen LogP contribution in [0.25, 0.3) is 0 Å². The van der Waals surface area contributed by atoms with Crippen molar-refractivity contribution < 1.29 is 4.79 Å². The van der Waals surface area contributed by atoms with Gasteiger partial charge in [0.2, 0.25) is 5.91 Å². The number of hydrogen-bond donors (Lipinski definition) is 2. The first-order chi connectivity index (χ1) is 9.16. The van der Waals surface area contributed by atoms with E-state index in [0.717, 1.165) is 42.9 Å². The van der Waals surface area contributed by atoms with Crippen LogP contribution in [0.1, 0.15) is 31.7 Å². The molecule has 0 aromatic heterocycles. The van der Waals surface area contributed by atoms with Crippen molar-refractivity contribution in [1.82, 2.24) is 10.6 Å². The second kappa shape index (κ2) is 6.40. The highest BCUT2D eigenvalue weighted by molar-refractivity contribution is 6.30. The van der Waals surface area contributed by atoms with Gasteiger partial charge in [0.25, 0.3) is 0 Å². The Morgan fingerprint density at radius 1 is 1.32 bits per heavy atom. The first-order valence-corrected chi connectivity index (χ1v) is 7.27. The number of benzene rings is 1. The standard InChI is InChI=1S/C15H21ClN2O/c1-2-15(7-9-17-10-8-15)14(19)18-11-12-3-5-13(16)6-4-12/h3-6,17H,2,7-11H2,1H3,(H,18,19). The summed E-state index contributed by atoms with van der Waals surface area (Å²) in [7, 11) is 0. The van der Waals surface area contributed by atoms with E-state index in [0.29, 0.717) is 6.54 Å². The predicted molar refractivity (Wildman–Crippen MR) is 78.1 cm³/mol. The van der Waals surface area contributed by atoms with Crippen molar-refractivity contribution in [1.29, 1.82) is 0 Å². The molecule has 2 rings (SSSR count). The van der Waals surface area contributed by atoms with Crippen molar-refractivity contribution in [3.05, 3.63) is 34.9 Å². The Kier molecular flexibility index (Phi) is 4.83. The molecule has 1 heterocycles. The zero-order valence-electron chi connectivity index (χ0n) is 11.3. The molecule has 4 heteroatoms. The number of rotatable bonds is 4. The van der Waals surface area contributed by atoms with Gasteiger partial charge >= 0.3 is 0 Å². The molecule has 1 fully saturated rings. The van der Waals surface area contributed by atoms with Crippen molar-refractivity contribution in [2.75, 3.05) is 13.1 Å². The molecule has 2 N–H and O–H groups in total. The Labute approximate surface area is 119 Å². The number of halogens is 1. The summed E-state index contributed by atoms with van der Waals surface area (Å²) in [4.78, 5) is 12.4. The van der Waals surface area contributed by atoms with Gasteiger partial charge in [0.05, 0.1) is 5.41 Å². The quantitative estimate of drug-likeness (QED) is 0.890. The largest absolute Gasteiger partial charge is 0.352 e. The summed E-state index contributed by atoms with van der Waals surface area (Å²) < 4.78 is 0. The van der Waals surface area contributed by atoms with Gasteiger partial charge in [-0.15, -0.1) is 0 Å². The van der Waals surface area contributed by atoms with Crippen LogP contribution in [0.3, 0.4) is 0 Å². The lowest BCUT2D eigenvalue weighted by Crippen LogP contribution is -2.47. The van der Waals surface area contributed by atoms with Crippen LogP contribution in [0.15, 0.2) is 24.3 Å². The normalized spacial score (nSPS) is 18.0. The van der Waals surface area contributed by atoms with E-state index >= 15 is 0 Å². The lowest BCUT2D eigenvalue weighted by atomic mass is 9.76. The molecule has 0 atom stereocenters. The third kappa shape index (κ3) is 3.48. The minimum Gasteiger partial charge on any atom is -0.352 e. The Balaban J connectivity index is 1.94. The van der Waals surface area contributed by atoms with Crippen molar-refractivity contribution in [2.45, 2.75) is 32.7 Å². The second-order valence-electron chi connectivity index (χ2n) is 5.19. The van der Waals surface area contributed by atoms with Gasteiger partial charge in [0, 0.05) is 11.6 Å². The fourth-order valence-corrected chi connectivity index (χ4v) is 2.74. The van der Waals surface area contributed by atoms with Crippen LogP contribution in [0.4, 0.5) is 0 Å². The molecule has 0 saturated carbocycles. The van der Waals surface area contributed by atoms with Crippen LogP contribution >= 0.6 is 11.6 Å². The maximum atomic E-state index is 12.4. The molecule has 0 radical (unpaired) electrons. The zero-order valence-corrected chi connectivity index (χ0v) is 12.1. The molecule has 0 aliphatic carbocycles. The van der Waals surface area contributed by atoms with E-state index in [9.17, 15) is 4.79 Å². The molecule has 1 aliphatic heterocycles. The maximum Gasteiger partial charge on any atom is 0.226 e. The Bertz CT molecular complexity index is 424. The smallest absolute Gasteiger partial charge is 0.226 e. The van der Waals surface area contributed by atoms with Crippen molar-refractivity contribution in [2.24, 2.45) is 5.41 Å². The molecule has 1 aliphatic rings. The van der Waals surface area contributed by atoms with Crippen LogP contribution < -0.4 is 10.6 Å². The highest BCUT2D eigenvalue weighted by atomic mass is 35.5. The number of hydrogen-bond acceptors (Lipinski definition) is 2. The highest BCUT2D eigenvalue weighted by Crippen LogP contribution is 2.32. The number of carbonyl (C=O) groups excluding carboxylic acids is 1. The summed E-state index contributed by atoms with van der Waals surface area (Å²) in [6, 6.07) is 7.60. The number of piperidine rings is 1. The second-order valence-corrected chi connectivity index (χ2v) is 5.63. The molecule has 0 unspecified atom stereocenters. The average Bonchev–Trinajstić information content (AvgIpc) is 2.47. The minimum atomic E-state index is -0.183. The third-order valence-corrected chi connectivity index (χ3v) is 4.34. The Morgan fingerprint density at radius 2 is 1.95 bits per heavy atom. The van der Waals surface area contributed by atoms with Crippen LogP contribution in [0.5, 0.6) is 0 Å². The monoisotopic (exact) mass is 280 g/mol. The predicted octanol–water partition coefficient (Wildman–Crippen LogP) is 2.74.